The number of carbonyl (C=O) groups excluding carboxylic acids is 1. The first kappa shape index (κ1) is 13.7. The van der Waals surface area contributed by atoms with Crippen molar-refractivity contribution in [2.45, 2.75) is 46.1 Å². The van der Waals surface area contributed by atoms with Gasteiger partial charge in [-0.1, -0.05) is 12.1 Å². The molecule has 96 valence electrons. The summed E-state index contributed by atoms with van der Waals surface area (Å²) in [5.74, 6) is 0.756. The normalized spacial score (nSPS) is 14.4. The van der Waals surface area contributed by atoms with Crippen molar-refractivity contribution in [3.05, 3.63) is 17.0 Å². The van der Waals surface area contributed by atoms with Crippen LogP contribution in [0.4, 0.5) is 0 Å². The average molecular weight is 240 g/mol. The van der Waals surface area contributed by atoms with Crippen molar-refractivity contribution in [2.24, 2.45) is 0 Å². The minimum Gasteiger partial charge on any atom is -0.392 e. The summed E-state index contributed by atoms with van der Waals surface area (Å²) in [4.78, 5) is 11.6. The molecule has 0 fully saturated rings. The predicted octanol–water partition coefficient (Wildman–Crippen LogP) is 1.28. The topological polar surface area (TPSA) is 75.4 Å². The van der Waals surface area contributed by atoms with E-state index in [-0.39, 0.29) is 18.4 Å². The molecule has 5 heteroatoms. The third kappa shape index (κ3) is 3.85. The van der Waals surface area contributed by atoms with Crippen LogP contribution in [0.1, 0.15) is 43.2 Å². The van der Waals surface area contributed by atoms with Gasteiger partial charge in [0.25, 0.3) is 0 Å². The third-order valence-corrected chi connectivity index (χ3v) is 2.67. The quantitative estimate of drug-likeness (QED) is 0.813. The van der Waals surface area contributed by atoms with Gasteiger partial charge in [-0.05, 0) is 26.7 Å². The summed E-state index contributed by atoms with van der Waals surface area (Å²) in [5, 5.41) is 15.6. The molecule has 0 saturated heterocycles. The molecule has 2 unspecified atom stereocenters. The Kier molecular flexibility index (Phi) is 4.69. The van der Waals surface area contributed by atoms with E-state index in [9.17, 15) is 4.79 Å². The van der Waals surface area contributed by atoms with Crippen LogP contribution in [0.25, 0.3) is 0 Å². The fourth-order valence-electron chi connectivity index (χ4n) is 1.91. The summed E-state index contributed by atoms with van der Waals surface area (Å²) < 4.78 is 5.07. The minimum absolute atomic E-state index is 0.0650. The van der Waals surface area contributed by atoms with Crippen molar-refractivity contribution in [3.8, 4) is 0 Å². The lowest BCUT2D eigenvalue weighted by Crippen LogP contribution is -2.31. The number of aryl methyl sites for hydroxylation is 2. The highest BCUT2D eigenvalue weighted by atomic mass is 16.5. The Morgan fingerprint density at radius 3 is 2.59 bits per heavy atom. The molecule has 0 aromatic carbocycles. The summed E-state index contributed by atoms with van der Waals surface area (Å²) in [6, 6.07) is 0. The van der Waals surface area contributed by atoms with Gasteiger partial charge in [-0.3, -0.25) is 4.79 Å². The molecule has 2 N–H and O–H groups in total. The highest BCUT2D eigenvalue weighted by molar-refractivity contribution is 5.76. The van der Waals surface area contributed by atoms with Crippen molar-refractivity contribution in [3.63, 3.8) is 0 Å². The SMILES string of the molecule is Cc1noc(C)c1C(C)CC(=O)NCC(C)O. The maximum absolute atomic E-state index is 11.6. The van der Waals surface area contributed by atoms with E-state index in [0.29, 0.717) is 6.42 Å². The van der Waals surface area contributed by atoms with Crippen LogP contribution in [-0.2, 0) is 4.79 Å². The van der Waals surface area contributed by atoms with E-state index in [2.05, 4.69) is 10.5 Å². The molecule has 0 bridgehead atoms. The monoisotopic (exact) mass is 240 g/mol. The number of carbonyl (C=O) groups is 1. The van der Waals surface area contributed by atoms with Crippen LogP contribution in [0.2, 0.25) is 0 Å². The number of amides is 1. The number of nitrogens with zero attached hydrogens (tertiary/aromatic N) is 1. The van der Waals surface area contributed by atoms with Crippen LogP contribution in [0.15, 0.2) is 4.52 Å². The summed E-state index contributed by atoms with van der Waals surface area (Å²) in [6.07, 6.45) is -0.149. The highest BCUT2D eigenvalue weighted by Crippen LogP contribution is 2.25. The van der Waals surface area contributed by atoms with E-state index in [0.717, 1.165) is 17.0 Å². The molecule has 1 amide bonds. The molecular weight excluding hydrogens is 220 g/mol. The maximum atomic E-state index is 11.6. The summed E-state index contributed by atoms with van der Waals surface area (Å²) in [6.45, 7) is 7.61. The second kappa shape index (κ2) is 5.82. The van der Waals surface area contributed by atoms with Crippen molar-refractivity contribution in [1.82, 2.24) is 10.5 Å². The second-order valence-corrected chi connectivity index (χ2v) is 4.50. The molecular formula is C12H20N2O3. The third-order valence-electron chi connectivity index (χ3n) is 2.67. The van der Waals surface area contributed by atoms with Crippen molar-refractivity contribution in [2.75, 3.05) is 6.54 Å². The van der Waals surface area contributed by atoms with Crippen LogP contribution in [0, 0.1) is 13.8 Å². The van der Waals surface area contributed by atoms with Crippen LogP contribution in [0.5, 0.6) is 0 Å². The molecule has 1 heterocycles. The Bertz CT molecular complexity index is 366. The molecule has 1 aromatic rings. The predicted molar refractivity (Wildman–Crippen MR) is 63.7 cm³/mol. The molecule has 0 aliphatic rings. The fraction of sp³-hybridized carbons (Fsp3) is 0.667. The van der Waals surface area contributed by atoms with Crippen LogP contribution in [-0.4, -0.2) is 28.8 Å². The first-order chi connectivity index (χ1) is 7.91. The zero-order valence-electron chi connectivity index (χ0n) is 10.8. The molecule has 0 radical (unpaired) electrons. The summed E-state index contributed by atoms with van der Waals surface area (Å²) in [5.41, 5.74) is 1.83. The Balaban J connectivity index is 2.55. The zero-order valence-corrected chi connectivity index (χ0v) is 10.8. The molecule has 17 heavy (non-hydrogen) atoms. The van der Waals surface area contributed by atoms with Gasteiger partial charge in [0.2, 0.25) is 5.91 Å². The smallest absolute Gasteiger partial charge is 0.220 e. The van der Waals surface area contributed by atoms with E-state index in [4.69, 9.17) is 9.63 Å². The lowest BCUT2D eigenvalue weighted by atomic mass is 9.96. The van der Waals surface area contributed by atoms with Crippen LogP contribution >= 0.6 is 0 Å². The summed E-state index contributed by atoms with van der Waals surface area (Å²) in [7, 11) is 0. The number of hydrogen-bond acceptors (Lipinski definition) is 4. The highest BCUT2D eigenvalue weighted by Gasteiger charge is 2.19. The van der Waals surface area contributed by atoms with Crippen molar-refractivity contribution >= 4 is 5.91 Å². The Labute approximate surface area is 101 Å². The number of aliphatic hydroxyl groups is 1. The van der Waals surface area contributed by atoms with E-state index >= 15 is 0 Å². The molecule has 1 rings (SSSR count). The minimum atomic E-state index is -0.520. The lowest BCUT2D eigenvalue weighted by molar-refractivity contribution is -0.121. The maximum Gasteiger partial charge on any atom is 0.220 e. The molecule has 1 aromatic heterocycles. The van der Waals surface area contributed by atoms with Crippen molar-refractivity contribution < 1.29 is 14.4 Å². The number of rotatable bonds is 5. The van der Waals surface area contributed by atoms with Gasteiger partial charge in [-0.2, -0.15) is 0 Å². The lowest BCUT2D eigenvalue weighted by Gasteiger charge is -2.12. The van der Waals surface area contributed by atoms with Gasteiger partial charge >= 0.3 is 0 Å². The second-order valence-electron chi connectivity index (χ2n) is 4.50. The van der Waals surface area contributed by atoms with Crippen LogP contribution in [0.3, 0.4) is 0 Å². The number of nitrogens with one attached hydrogen (secondary N) is 1. The summed E-state index contributed by atoms with van der Waals surface area (Å²) >= 11 is 0. The molecule has 0 aliphatic heterocycles. The van der Waals surface area contributed by atoms with Gasteiger partial charge in [-0.15, -0.1) is 0 Å². The van der Waals surface area contributed by atoms with E-state index in [1.807, 2.05) is 20.8 Å². The van der Waals surface area contributed by atoms with Gasteiger partial charge in [-0.25, -0.2) is 0 Å². The fourth-order valence-corrected chi connectivity index (χ4v) is 1.91. The molecule has 0 saturated carbocycles. The standard InChI is InChI=1S/C12H20N2O3/c1-7(5-11(16)13-6-8(2)15)12-9(3)14-17-10(12)4/h7-8,15H,5-6H2,1-4H3,(H,13,16). The first-order valence-corrected chi connectivity index (χ1v) is 5.79. The molecule has 2 atom stereocenters. The van der Waals surface area contributed by atoms with Crippen molar-refractivity contribution in [1.29, 1.82) is 0 Å². The van der Waals surface area contributed by atoms with E-state index in [1.54, 1.807) is 6.92 Å². The largest absolute Gasteiger partial charge is 0.392 e. The molecule has 0 aliphatic carbocycles. The number of hydrogen-bond donors (Lipinski definition) is 2. The molecule has 0 spiro atoms. The number of aliphatic hydroxyl groups excluding tert-OH is 1. The van der Waals surface area contributed by atoms with Gasteiger partial charge in [0, 0.05) is 18.5 Å². The first-order valence-electron chi connectivity index (χ1n) is 5.79. The van der Waals surface area contributed by atoms with E-state index in [1.165, 1.54) is 0 Å². The van der Waals surface area contributed by atoms with Crippen LogP contribution < -0.4 is 5.32 Å². The van der Waals surface area contributed by atoms with Gasteiger partial charge in [0.1, 0.15) is 5.76 Å². The van der Waals surface area contributed by atoms with Gasteiger partial charge in [0.15, 0.2) is 0 Å². The van der Waals surface area contributed by atoms with Gasteiger partial charge in [0.05, 0.1) is 11.8 Å². The average Bonchev–Trinajstić information content (AvgIpc) is 2.55. The van der Waals surface area contributed by atoms with Gasteiger partial charge < -0.3 is 14.9 Å². The Hall–Kier alpha value is -1.36. The Morgan fingerprint density at radius 2 is 2.12 bits per heavy atom. The Morgan fingerprint density at radius 1 is 1.47 bits per heavy atom. The number of aromatic nitrogens is 1. The van der Waals surface area contributed by atoms with E-state index < -0.39 is 6.10 Å². The zero-order chi connectivity index (χ0) is 13.0. The molecule has 5 nitrogen and oxygen atoms in total.